The van der Waals surface area contributed by atoms with E-state index in [9.17, 15) is 4.79 Å². The van der Waals surface area contributed by atoms with Gasteiger partial charge in [0.25, 0.3) is 5.91 Å². The summed E-state index contributed by atoms with van der Waals surface area (Å²) in [6.45, 7) is 6.51. The molecule has 0 fully saturated rings. The van der Waals surface area contributed by atoms with Crippen LogP contribution in [0.2, 0.25) is 0 Å². The highest BCUT2D eigenvalue weighted by Gasteiger charge is 2.14. The molecule has 3 heteroatoms. The molecule has 2 aromatic rings. The second-order valence-corrected chi connectivity index (χ2v) is 6.08. The standard InChI is InChI=1S/C18H22N2O/c1-18(2,3)13-9-11-14(12-10-13)20-17(21)15-7-5-6-8-16(15)19-4/h5-12,19H,1-4H3,(H,20,21). The SMILES string of the molecule is CNc1ccccc1C(=O)Nc1ccc(C(C)(C)C)cc1. The molecular weight excluding hydrogens is 260 g/mol. The summed E-state index contributed by atoms with van der Waals surface area (Å²) < 4.78 is 0. The van der Waals surface area contributed by atoms with Gasteiger partial charge in [-0.2, -0.15) is 0 Å². The van der Waals surface area contributed by atoms with Gasteiger partial charge in [-0.1, -0.05) is 45.0 Å². The second kappa shape index (κ2) is 6.00. The van der Waals surface area contributed by atoms with Crippen molar-refractivity contribution in [3.8, 4) is 0 Å². The zero-order valence-corrected chi connectivity index (χ0v) is 13.0. The largest absolute Gasteiger partial charge is 0.387 e. The molecule has 0 bridgehead atoms. The summed E-state index contributed by atoms with van der Waals surface area (Å²) in [7, 11) is 1.81. The fourth-order valence-electron chi connectivity index (χ4n) is 2.15. The first-order chi connectivity index (χ1) is 9.91. The highest BCUT2D eigenvalue weighted by atomic mass is 16.1. The number of carbonyl (C=O) groups is 1. The van der Waals surface area contributed by atoms with Crippen molar-refractivity contribution in [1.29, 1.82) is 0 Å². The molecule has 0 aliphatic rings. The van der Waals surface area contributed by atoms with Gasteiger partial charge in [-0.05, 0) is 35.2 Å². The van der Waals surface area contributed by atoms with E-state index in [0.717, 1.165) is 11.4 Å². The van der Waals surface area contributed by atoms with Gasteiger partial charge in [0.2, 0.25) is 0 Å². The smallest absolute Gasteiger partial charge is 0.257 e. The minimum absolute atomic E-state index is 0.108. The van der Waals surface area contributed by atoms with E-state index in [-0.39, 0.29) is 11.3 Å². The third kappa shape index (κ3) is 3.63. The van der Waals surface area contributed by atoms with Crippen molar-refractivity contribution in [2.24, 2.45) is 0 Å². The Kier molecular flexibility index (Phi) is 4.32. The molecule has 0 spiro atoms. The first-order valence-electron chi connectivity index (χ1n) is 7.10. The van der Waals surface area contributed by atoms with E-state index in [4.69, 9.17) is 0 Å². The van der Waals surface area contributed by atoms with Crippen molar-refractivity contribution < 1.29 is 4.79 Å². The van der Waals surface area contributed by atoms with E-state index < -0.39 is 0 Å². The second-order valence-electron chi connectivity index (χ2n) is 6.08. The molecule has 21 heavy (non-hydrogen) atoms. The Morgan fingerprint density at radius 2 is 1.57 bits per heavy atom. The van der Waals surface area contributed by atoms with Crippen LogP contribution in [0.4, 0.5) is 11.4 Å². The van der Waals surface area contributed by atoms with Crippen LogP contribution in [-0.4, -0.2) is 13.0 Å². The van der Waals surface area contributed by atoms with Crippen molar-refractivity contribution >= 4 is 17.3 Å². The summed E-state index contributed by atoms with van der Waals surface area (Å²) in [4.78, 5) is 12.3. The molecule has 2 N–H and O–H groups in total. The number of benzene rings is 2. The monoisotopic (exact) mass is 282 g/mol. The molecule has 1 amide bonds. The number of hydrogen-bond donors (Lipinski definition) is 2. The van der Waals surface area contributed by atoms with Crippen molar-refractivity contribution in [3.63, 3.8) is 0 Å². The third-order valence-electron chi connectivity index (χ3n) is 3.45. The summed E-state index contributed by atoms with van der Waals surface area (Å²) >= 11 is 0. The van der Waals surface area contributed by atoms with Crippen LogP contribution in [0.15, 0.2) is 48.5 Å². The average Bonchev–Trinajstić information content (AvgIpc) is 2.46. The molecule has 3 nitrogen and oxygen atoms in total. The molecule has 0 aliphatic heterocycles. The van der Waals surface area contributed by atoms with Crippen LogP contribution in [0, 0.1) is 0 Å². The molecule has 0 unspecified atom stereocenters. The van der Waals surface area contributed by atoms with Crippen LogP contribution in [0.1, 0.15) is 36.7 Å². The lowest BCUT2D eigenvalue weighted by Gasteiger charge is -2.19. The Hall–Kier alpha value is -2.29. The highest BCUT2D eigenvalue weighted by Crippen LogP contribution is 2.24. The molecule has 0 saturated heterocycles. The third-order valence-corrected chi connectivity index (χ3v) is 3.45. The zero-order valence-electron chi connectivity index (χ0n) is 13.0. The van der Waals surface area contributed by atoms with Crippen LogP contribution in [0.25, 0.3) is 0 Å². The lowest BCUT2D eigenvalue weighted by atomic mass is 9.87. The van der Waals surface area contributed by atoms with E-state index >= 15 is 0 Å². The predicted octanol–water partition coefficient (Wildman–Crippen LogP) is 4.28. The number of amides is 1. The Bertz CT molecular complexity index is 624. The Labute approximate surface area is 126 Å². The van der Waals surface area contributed by atoms with Crippen molar-refractivity contribution in [1.82, 2.24) is 0 Å². The van der Waals surface area contributed by atoms with Crippen LogP contribution >= 0.6 is 0 Å². The normalized spacial score (nSPS) is 11.0. The molecule has 0 saturated carbocycles. The molecule has 2 aromatic carbocycles. The van der Waals surface area contributed by atoms with Gasteiger partial charge in [-0.3, -0.25) is 4.79 Å². The Morgan fingerprint density at radius 3 is 2.14 bits per heavy atom. The lowest BCUT2D eigenvalue weighted by molar-refractivity contribution is 0.102. The molecule has 2 rings (SSSR count). The first-order valence-corrected chi connectivity index (χ1v) is 7.10. The number of nitrogens with one attached hydrogen (secondary N) is 2. The minimum Gasteiger partial charge on any atom is -0.387 e. The van der Waals surface area contributed by atoms with Gasteiger partial charge < -0.3 is 10.6 Å². The summed E-state index contributed by atoms with van der Waals surface area (Å²) in [5.41, 5.74) is 3.62. The van der Waals surface area contributed by atoms with Crippen molar-refractivity contribution in [2.45, 2.75) is 26.2 Å². The van der Waals surface area contributed by atoms with Crippen LogP contribution in [0.5, 0.6) is 0 Å². The van der Waals surface area contributed by atoms with Gasteiger partial charge >= 0.3 is 0 Å². The predicted molar refractivity (Wildman–Crippen MR) is 89.1 cm³/mol. The molecule has 0 atom stereocenters. The molecule has 110 valence electrons. The van der Waals surface area contributed by atoms with Gasteiger partial charge in [0, 0.05) is 18.4 Å². The Morgan fingerprint density at radius 1 is 0.952 bits per heavy atom. The first kappa shape index (κ1) is 15.1. The fraction of sp³-hybridized carbons (Fsp3) is 0.278. The summed E-state index contributed by atoms with van der Waals surface area (Å²) in [6.07, 6.45) is 0. The Balaban J connectivity index is 2.16. The summed E-state index contributed by atoms with van der Waals surface area (Å²) in [5.74, 6) is -0.108. The van der Waals surface area contributed by atoms with Gasteiger partial charge in [-0.25, -0.2) is 0 Å². The maximum absolute atomic E-state index is 12.3. The van der Waals surface area contributed by atoms with Crippen LogP contribution < -0.4 is 10.6 Å². The van der Waals surface area contributed by atoms with Crippen molar-refractivity contribution in [2.75, 3.05) is 17.7 Å². The molecular formula is C18H22N2O. The molecule has 0 aromatic heterocycles. The summed E-state index contributed by atoms with van der Waals surface area (Å²) in [6, 6.07) is 15.5. The van der Waals surface area contributed by atoms with Gasteiger partial charge in [0.15, 0.2) is 0 Å². The van der Waals surface area contributed by atoms with E-state index in [0.29, 0.717) is 5.56 Å². The molecule has 0 heterocycles. The zero-order chi connectivity index (χ0) is 15.5. The van der Waals surface area contributed by atoms with E-state index in [1.54, 1.807) is 0 Å². The quantitative estimate of drug-likeness (QED) is 0.882. The number of para-hydroxylation sites is 1. The van der Waals surface area contributed by atoms with E-state index in [1.807, 2.05) is 43.4 Å². The number of rotatable bonds is 3. The van der Waals surface area contributed by atoms with Crippen LogP contribution in [0.3, 0.4) is 0 Å². The maximum Gasteiger partial charge on any atom is 0.257 e. The number of anilines is 2. The lowest BCUT2D eigenvalue weighted by Crippen LogP contribution is -2.15. The average molecular weight is 282 g/mol. The molecule has 0 aliphatic carbocycles. The van der Waals surface area contributed by atoms with Gasteiger partial charge in [0.1, 0.15) is 0 Å². The highest BCUT2D eigenvalue weighted by molar-refractivity contribution is 6.08. The van der Waals surface area contributed by atoms with Gasteiger partial charge in [-0.15, -0.1) is 0 Å². The van der Waals surface area contributed by atoms with Crippen molar-refractivity contribution in [3.05, 3.63) is 59.7 Å². The topological polar surface area (TPSA) is 41.1 Å². The van der Waals surface area contributed by atoms with E-state index in [2.05, 4.69) is 43.5 Å². The van der Waals surface area contributed by atoms with E-state index in [1.165, 1.54) is 5.56 Å². The maximum atomic E-state index is 12.3. The minimum atomic E-state index is -0.108. The molecule has 0 radical (unpaired) electrons. The van der Waals surface area contributed by atoms with Crippen LogP contribution in [-0.2, 0) is 5.41 Å². The summed E-state index contributed by atoms with van der Waals surface area (Å²) in [5, 5.41) is 5.96. The fourth-order valence-corrected chi connectivity index (χ4v) is 2.15. The van der Waals surface area contributed by atoms with Gasteiger partial charge in [0.05, 0.1) is 5.56 Å². The number of hydrogen-bond acceptors (Lipinski definition) is 2. The number of carbonyl (C=O) groups excluding carboxylic acids is 1.